The van der Waals surface area contributed by atoms with Gasteiger partial charge in [0.1, 0.15) is 16.3 Å². The first-order valence-corrected chi connectivity index (χ1v) is 11.2. The van der Waals surface area contributed by atoms with Crippen molar-refractivity contribution in [2.75, 3.05) is 5.73 Å². The maximum absolute atomic E-state index is 12.0. The topological polar surface area (TPSA) is 150 Å². The van der Waals surface area contributed by atoms with Gasteiger partial charge in [-0.05, 0) is 54.3 Å². The molecule has 0 atom stereocenters. The summed E-state index contributed by atoms with van der Waals surface area (Å²) >= 11 is 0. The Balaban J connectivity index is 1.94. The molecule has 10 heteroatoms. The van der Waals surface area contributed by atoms with Crippen molar-refractivity contribution in [2.24, 2.45) is 20.5 Å². The largest absolute Gasteiger partial charge is 0.505 e. The Bertz CT molecular complexity index is 1500. The first kappa shape index (κ1) is 22.1. The number of hydrogen-bond donors (Lipinski definition) is 3. The van der Waals surface area contributed by atoms with Gasteiger partial charge in [-0.15, -0.1) is 10.2 Å². The molecule has 0 aliphatic heterocycles. The van der Waals surface area contributed by atoms with E-state index in [1.54, 1.807) is 55.5 Å². The zero-order valence-corrected chi connectivity index (χ0v) is 18.2. The van der Waals surface area contributed by atoms with Crippen LogP contribution in [-0.4, -0.2) is 18.1 Å². The van der Waals surface area contributed by atoms with E-state index in [4.69, 9.17) is 5.73 Å². The van der Waals surface area contributed by atoms with Crippen molar-refractivity contribution in [2.45, 2.75) is 11.8 Å². The fraction of sp³-hybridized carbons (Fsp3) is 0.0435. The van der Waals surface area contributed by atoms with Crippen LogP contribution in [0.3, 0.4) is 0 Å². The number of aryl methyl sites for hydroxylation is 1. The highest BCUT2D eigenvalue weighted by Crippen LogP contribution is 2.47. The molecule has 0 aliphatic carbocycles. The number of azo groups is 2. The molecule has 33 heavy (non-hydrogen) atoms. The van der Waals surface area contributed by atoms with Gasteiger partial charge in [0.15, 0.2) is 5.75 Å². The molecule has 0 spiro atoms. The van der Waals surface area contributed by atoms with Crippen LogP contribution >= 0.6 is 0 Å². The Hall–Kier alpha value is -4.15. The lowest BCUT2D eigenvalue weighted by atomic mass is 10.0. The highest BCUT2D eigenvalue weighted by Gasteiger charge is 2.24. The second-order valence-corrected chi connectivity index (χ2v) is 8.56. The van der Waals surface area contributed by atoms with Crippen LogP contribution in [0.4, 0.5) is 28.4 Å². The van der Waals surface area contributed by atoms with Crippen LogP contribution in [0.5, 0.6) is 5.75 Å². The van der Waals surface area contributed by atoms with E-state index in [9.17, 15) is 18.1 Å². The minimum absolute atomic E-state index is 0.0835. The quantitative estimate of drug-likeness (QED) is 0.176. The number of phenolic OH excluding ortho intramolecular Hbond substituents is 1. The first-order chi connectivity index (χ1) is 15.8. The molecule has 4 N–H and O–H groups in total. The number of nitrogens with zero attached hydrogens (tertiary/aromatic N) is 4. The van der Waals surface area contributed by atoms with Crippen molar-refractivity contribution in [1.82, 2.24) is 0 Å². The lowest BCUT2D eigenvalue weighted by Gasteiger charge is -2.13. The van der Waals surface area contributed by atoms with Crippen molar-refractivity contribution in [3.63, 3.8) is 0 Å². The summed E-state index contributed by atoms with van der Waals surface area (Å²) in [6.45, 7) is 1.72. The number of hydrogen-bond acceptors (Lipinski definition) is 8. The standard InChI is InChI=1S/C23H19N5O4S/c1-14-12-15-13-18(33(30,31)32)22(28-26-17-10-6-3-7-11-17)23(29)19(15)20(24)21(14)27-25-16-8-4-2-5-9-16/h2-13,29H,24H2,1H3,(H,30,31,32)/b27-25+,28-26+. The molecule has 4 rings (SSSR count). The minimum Gasteiger partial charge on any atom is -0.505 e. The predicted octanol–water partition coefficient (Wildman–Crippen LogP) is 6.51. The fourth-order valence-electron chi connectivity index (χ4n) is 3.31. The number of anilines is 1. The number of fused-ring (bicyclic) bond motifs is 1. The third-order valence-corrected chi connectivity index (χ3v) is 5.73. The molecule has 4 aromatic carbocycles. The Morgan fingerprint density at radius 3 is 1.82 bits per heavy atom. The van der Waals surface area contributed by atoms with Crippen molar-refractivity contribution < 1.29 is 18.1 Å². The Morgan fingerprint density at radius 1 is 0.788 bits per heavy atom. The molecule has 9 nitrogen and oxygen atoms in total. The molecule has 0 unspecified atom stereocenters. The first-order valence-electron chi connectivity index (χ1n) is 9.75. The average molecular weight is 462 g/mol. The summed E-state index contributed by atoms with van der Waals surface area (Å²) in [5.74, 6) is -0.548. The highest BCUT2D eigenvalue weighted by atomic mass is 32.2. The lowest BCUT2D eigenvalue weighted by Crippen LogP contribution is -2.00. The summed E-state index contributed by atoms with van der Waals surface area (Å²) in [4.78, 5) is -0.593. The number of phenols is 1. The van der Waals surface area contributed by atoms with E-state index in [0.29, 0.717) is 22.6 Å². The van der Waals surface area contributed by atoms with Gasteiger partial charge in [-0.1, -0.05) is 36.4 Å². The number of nitrogen functional groups attached to an aromatic ring is 1. The van der Waals surface area contributed by atoms with Gasteiger partial charge >= 0.3 is 0 Å². The summed E-state index contributed by atoms with van der Waals surface area (Å²) in [6.07, 6.45) is 0. The number of benzene rings is 4. The Morgan fingerprint density at radius 2 is 1.30 bits per heavy atom. The zero-order valence-electron chi connectivity index (χ0n) is 17.4. The molecule has 0 amide bonds. The molecular formula is C23H19N5O4S. The molecule has 4 aromatic rings. The van der Waals surface area contributed by atoms with Crippen LogP contribution in [0.1, 0.15) is 5.56 Å². The summed E-state index contributed by atoms with van der Waals surface area (Å²) in [7, 11) is -4.73. The SMILES string of the molecule is Cc1cc2cc(S(=O)(=O)O)c(/N=N/c3ccccc3)c(O)c2c(N)c1/N=N/c1ccccc1. The molecule has 0 aromatic heterocycles. The molecule has 0 saturated heterocycles. The predicted molar refractivity (Wildman–Crippen MR) is 126 cm³/mol. The molecular weight excluding hydrogens is 442 g/mol. The summed E-state index contributed by atoms with van der Waals surface area (Å²) in [5.41, 5.74) is 7.91. The molecule has 0 saturated carbocycles. The van der Waals surface area contributed by atoms with E-state index < -0.39 is 26.5 Å². The molecule has 0 bridgehead atoms. The second kappa shape index (κ2) is 8.77. The van der Waals surface area contributed by atoms with Gasteiger partial charge in [0.2, 0.25) is 0 Å². The molecule has 0 radical (unpaired) electrons. The lowest BCUT2D eigenvalue weighted by molar-refractivity contribution is 0.472. The van der Waals surface area contributed by atoms with Gasteiger partial charge < -0.3 is 10.8 Å². The Kier molecular flexibility index (Phi) is 5.86. The zero-order chi connectivity index (χ0) is 23.6. The van der Waals surface area contributed by atoms with E-state index in [-0.39, 0.29) is 16.5 Å². The van der Waals surface area contributed by atoms with Crippen LogP contribution < -0.4 is 5.73 Å². The van der Waals surface area contributed by atoms with Gasteiger partial charge in [0, 0.05) is 0 Å². The molecule has 0 fully saturated rings. The van der Waals surface area contributed by atoms with Gasteiger partial charge in [0.05, 0.1) is 22.4 Å². The van der Waals surface area contributed by atoms with Crippen LogP contribution in [0.15, 0.2) is 98.1 Å². The molecule has 0 aliphatic rings. The number of nitrogens with two attached hydrogens (primary N) is 1. The van der Waals surface area contributed by atoms with E-state index in [2.05, 4.69) is 20.5 Å². The van der Waals surface area contributed by atoms with Gasteiger partial charge in [-0.2, -0.15) is 18.6 Å². The van der Waals surface area contributed by atoms with Crippen molar-refractivity contribution in [1.29, 1.82) is 0 Å². The maximum atomic E-state index is 12.0. The minimum atomic E-state index is -4.73. The Labute approximate surface area is 189 Å². The van der Waals surface area contributed by atoms with Crippen LogP contribution in [0.25, 0.3) is 10.8 Å². The van der Waals surface area contributed by atoms with Crippen molar-refractivity contribution in [3.8, 4) is 5.75 Å². The van der Waals surface area contributed by atoms with Crippen LogP contribution in [-0.2, 0) is 10.1 Å². The smallest absolute Gasteiger partial charge is 0.296 e. The number of aromatic hydroxyl groups is 1. The van der Waals surface area contributed by atoms with E-state index in [0.717, 1.165) is 0 Å². The monoisotopic (exact) mass is 461 g/mol. The van der Waals surface area contributed by atoms with Crippen molar-refractivity contribution in [3.05, 3.63) is 78.4 Å². The third kappa shape index (κ3) is 4.56. The number of rotatable bonds is 5. The summed E-state index contributed by atoms with van der Waals surface area (Å²) < 4.78 is 33.8. The van der Waals surface area contributed by atoms with Crippen LogP contribution in [0.2, 0.25) is 0 Å². The van der Waals surface area contributed by atoms with E-state index >= 15 is 0 Å². The normalized spacial score (nSPS) is 12.2. The van der Waals surface area contributed by atoms with Crippen LogP contribution in [0, 0.1) is 6.92 Å². The average Bonchev–Trinajstić information content (AvgIpc) is 2.78. The van der Waals surface area contributed by atoms with Gasteiger partial charge in [0.25, 0.3) is 10.1 Å². The highest BCUT2D eigenvalue weighted by molar-refractivity contribution is 7.86. The third-order valence-electron chi connectivity index (χ3n) is 4.86. The second-order valence-electron chi connectivity index (χ2n) is 7.17. The maximum Gasteiger partial charge on any atom is 0.296 e. The molecule has 0 heterocycles. The van der Waals surface area contributed by atoms with Gasteiger partial charge in [-0.25, -0.2) is 0 Å². The van der Waals surface area contributed by atoms with E-state index in [1.807, 2.05) is 18.2 Å². The summed E-state index contributed by atoms with van der Waals surface area (Å²) in [5, 5.41) is 27.7. The van der Waals surface area contributed by atoms with E-state index in [1.165, 1.54) is 6.07 Å². The molecule has 166 valence electrons. The summed E-state index contributed by atoms with van der Waals surface area (Å²) in [6, 6.07) is 20.3. The van der Waals surface area contributed by atoms with Crippen molar-refractivity contribution >= 4 is 49.3 Å². The van der Waals surface area contributed by atoms with Gasteiger partial charge in [-0.3, -0.25) is 4.55 Å². The fourth-order valence-corrected chi connectivity index (χ4v) is 3.97.